The van der Waals surface area contributed by atoms with Gasteiger partial charge in [0, 0.05) is 64.5 Å². The summed E-state index contributed by atoms with van der Waals surface area (Å²) >= 11 is 0. The number of unbranched alkanes of at least 4 members (excludes halogenated alkanes) is 2. The number of carbonyl (C=O) groups is 3. The van der Waals surface area contributed by atoms with Crippen LogP contribution in [0.15, 0.2) is 105 Å². The molecule has 4 aromatic carbocycles. The van der Waals surface area contributed by atoms with Gasteiger partial charge in [-0.1, -0.05) is 55.0 Å². The summed E-state index contributed by atoms with van der Waals surface area (Å²) in [6, 6.07) is 13.4. The molecule has 2 aliphatic rings. The molecule has 2 amide bonds. The second-order valence-electron chi connectivity index (χ2n) is 16.2. The third-order valence-corrected chi connectivity index (χ3v) is 14.7. The lowest BCUT2D eigenvalue weighted by Gasteiger charge is -2.35. The van der Waals surface area contributed by atoms with Crippen LogP contribution in [-0.2, 0) is 51.3 Å². The van der Waals surface area contributed by atoms with Crippen LogP contribution in [0.3, 0.4) is 0 Å². The zero-order chi connectivity index (χ0) is 47.9. The highest BCUT2D eigenvalue weighted by molar-refractivity contribution is 7.87. The highest BCUT2D eigenvalue weighted by Gasteiger charge is 2.48. The fourth-order valence-electron chi connectivity index (χ4n) is 9.28. The Hall–Kier alpha value is -6.03. The number of hydrogen-bond acceptors (Lipinski definition) is 9. The average molecular weight is 962 g/mol. The molecule has 7 rings (SSSR count). The Morgan fingerprint density at radius 2 is 1.39 bits per heavy atom. The van der Waals surface area contributed by atoms with Crippen LogP contribution < -0.4 is 16.0 Å². The van der Waals surface area contributed by atoms with Crippen molar-refractivity contribution in [3.63, 3.8) is 0 Å². The quantitative estimate of drug-likeness (QED) is 0.0293. The van der Waals surface area contributed by atoms with Gasteiger partial charge in [0.15, 0.2) is 4.90 Å². The second-order valence-corrected chi connectivity index (χ2v) is 20.3. The van der Waals surface area contributed by atoms with Gasteiger partial charge in [0.1, 0.15) is 21.8 Å². The van der Waals surface area contributed by atoms with Crippen molar-refractivity contribution in [3.8, 4) is 0 Å². The van der Waals surface area contributed by atoms with Crippen molar-refractivity contribution in [1.82, 2.24) is 15.2 Å². The summed E-state index contributed by atoms with van der Waals surface area (Å²) in [5.41, 5.74) is 0.830. The average Bonchev–Trinajstić information content (AvgIpc) is 3.74. The minimum Gasteiger partial charge on any atom is -0.481 e. The number of aromatic nitrogens is 1. The lowest BCUT2D eigenvalue weighted by Crippen LogP contribution is -2.52. The molecule has 1 atom stereocenters. The molecule has 1 aliphatic heterocycles. The van der Waals surface area contributed by atoms with E-state index in [0.29, 0.717) is 75.3 Å². The van der Waals surface area contributed by atoms with Gasteiger partial charge in [0.05, 0.1) is 10.9 Å². The third-order valence-electron chi connectivity index (χ3n) is 12.1. The van der Waals surface area contributed by atoms with Crippen LogP contribution in [0.2, 0.25) is 0 Å². The Morgan fingerprint density at radius 1 is 0.742 bits per heavy atom. The molecule has 66 heavy (non-hydrogen) atoms. The molecule has 5 aromatic rings. The molecular weight excluding hydrogens is 913 g/mol. The van der Waals surface area contributed by atoms with Gasteiger partial charge in [-0.05, 0) is 87.9 Å². The van der Waals surface area contributed by atoms with E-state index in [1.54, 1.807) is 67.0 Å². The van der Waals surface area contributed by atoms with Crippen molar-refractivity contribution in [2.24, 2.45) is 5.41 Å². The van der Waals surface area contributed by atoms with Crippen molar-refractivity contribution < 1.29 is 63.0 Å². The van der Waals surface area contributed by atoms with E-state index in [1.807, 2.05) is 29.7 Å². The summed E-state index contributed by atoms with van der Waals surface area (Å²) in [6.45, 7) is 6.35. The number of nitrogens with zero attached hydrogens (tertiary/aromatic N) is 2. The van der Waals surface area contributed by atoms with Gasteiger partial charge in [-0.15, -0.1) is 0 Å². The SMILES string of the molecule is CCNC(=O)C1(C(=O)NCCCCCC(=O)O)CC(=CC=c2c3cccc4c(S(=O)(=O)O)ccc(c43)n2CC)C=C(C=CC2=[N+](CC)c3c(S(=O)(=O)O)cc(S(=O)(=O)O)c4cccc2c34)C1. The van der Waals surface area contributed by atoms with Crippen molar-refractivity contribution in [1.29, 1.82) is 0 Å². The number of carbonyl (C=O) groups excluding carboxylic acids is 2. The number of nitrogens with one attached hydrogen (secondary N) is 2. The topological polar surface area (TPSA) is 267 Å². The van der Waals surface area contributed by atoms with E-state index in [1.165, 1.54) is 12.1 Å². The van der Waals surface area contributed by atoms with Gasteiger partial charge in [-0.3, -0.25) is 28.0 Å². The van der Waals surface area contributed by atoms with E-state index in [-0.39, 0.29) is 60.3 Å². The van der Waals surface area contributed by atoms with E-state index in [4.69, 9.17) is 5.11 Å². The van der Waals surface area contributed by atoms with E-state index >= 15 is 0 Å². The van der Waals surface area contributed by atoms with Crippen LogP contribution in [0.5, 0.6) is 0 Å². The molecular formula is C46H49N4O13S3+. The van der Waals surface area contributed by atoms with Gasteiger partial charge in [-0.2, -0.15) is 29.8 Å². The molecule has 0 saturated carbocycles. The number of carboxylic acid groups (broad SMARTS) is 1. The zero-order valence-corrected chi connectivity index (χ0v) is 38.7. The minimum atomic E-state index is -5.05. The Labute approximate surface area is 381 Å². The Kier molecular flexibility index (Phi) is 13.3. The standard InChI is InChI=1S/C46H48N4O13S3/c1-4-47-44(53)46(45(54)48-23-9-7-8-16-40(51)52)26-28(17-19-34-30-12-10-14-32-37(64(55,56)57)22-21-36(41(30)32)49(34)5-2)24-29(27-46)18-20-35-31-13-11-15-33-38(65(58,59)60)25-39(66(61,62)63)43(42(31)33)50(35)6-3/h10-15,17-22,24-25H,4-9,16,23,26-27H2,1-3H3,(H5-,47,48,51,52,53,54,55,56,57,58,59,60,61,62,63)/p+1. The van der Waals surface area contributed by atoms with E-state index in [2.05, 4.69) is 10.6 Å². The molecule has 348 valence electrons. The lowest BCUT2D eigenvalue weighted by atomic mass is 9.70. The van der Waals surface area contributed by atoms with Gasteiger partial charge >= 0.3 is 16.1 Å². The number of amides is 2. The highest BCUT2D eigenvalue weighted by atomic mass is 32.2. The summed E-state index contributed by atoms with van der Waals surface area (Å²) in [7, 11) is -14.6. The summed E-state index contributed by atoms with van der Waals surface area (Å²) in [5, 5.41) is 17.3. The molecule has 20 heteroatoms. The maximum absolute atomic E-state index is 14.5. The first-order valence-electron chi connectivity index (χ1n) is 21.2. The van der Waals surface area contributed by atoms with E-state index in [0.717, 1.165) is 6.07 Å². The molecule has 0 radical (unpaired) electrons. The predicted octanol–water partition coefficient (Wildman–Crippen LogP) is 5.46. The molecule has 17 nitrogen and oxygen atoms in total. The summed E-state index contributed by atoms with van der Waals surface area (Å²) < 4.78 is 110. The highest BCUT2D eigenvalue weighted by Crippen LogP contribution is 2.44. The smallest absolute Gasteiger partial charge is 0.303 e. The van der Waals surface area contributed by atoms with E-state index in [9.17, 15) is 53.3 Å². The molecule has 1 unspecified atom stereocenters. The van der Waals surface area contributed by atoms with Crippen LogP contribution in [-0.4, -0.2) is 96.3 Å². The van der Waals surface area contributed by atoms with Crippen LogP contribution in [0.4, 0.5) is 5.69 Å². The molecule has 0 spiro atoms. The number of hydrogen-bond donors (Lipinski definition) is 6. The van der Waals surface area contributed by atoms with Crippen molar-refractivity contribution in [2.45, 2.75) is 80.5 Å². The summed E-state index contributed by atoms with van der Waals surface area (Å²) in [4.78, 5) is 38.2. The monoisotopic (exact) mass is 961 g/mol. The predicted molar refractivity (Wildman–Crippen MR) is 248 cm³/mol. The van der Waals surface area contributed by atoms with E-state index < -0.39 is 63.3 Å². The van der Waals surface area contributed by atoms with Crippen LogP contribution >= 0.6 is 0 Å². The van der Waals surface area contributed by atoms with Gasteiger partial charge in [0.25, 0.3) is 20.2 Å². The molecule has 2 heterocycles. The zero-order valence-electron chi connectivity index (χ0n) is 36.2. The second kappa shape index (κ2) is 18.3. The number of rotatable bonds is 17. The molecule has 1 aromatic heterocycles. The van der Waals surface area contributed by atoms with Gasteiger partial charge < -0.3 is 20.3 Å². The maximum atomic E-state index is 14.5. The van der Waals surface area contributed by atoms with Crippen LogP contribution in [0.1, 0.15) is 64.9 Å². The first kappa shape index (κ1) is 47.9. The fourth-order valence-corrected chi connectivity index (χ4v) is 11.5. The van der Waals surface area contributed by atoms with Crippen LogP contribution in [0.25, 0.3) is 38.5 Å². The molecule has 6 N–H and O–H groups in total. The number of carboxylic acids is 1. The normalized spacial score (nSPS) is 17.8. The van der Waals surface area contributed by atoms with Crippen LogP contribution in [0, 0.1) is 5.41 Å². The fraction of sp³-hybridized carbons (Fsp3) is 0.304. The van der Waals surface area contributed by atoms with Gasteiger partial charge in [-0.25, -0.2) is 0 Å². The number of allylic oxidation sites excluding steroid dienone is 6. The first-order chi connectivity index (χ1) is 31.2. The Morgan fingerprint density at radius 3 is 2.03 bits per heavy atom. The molecule has 0 bridgehead atoms. The Bertz CT molecular complexity index is 3400. The molecule has 1 aliphatic carbocycles. The summed E-state index contributed by atoms with van der Waals surface area (Å²) in [6.07, 6.45) is 9.95. The molecule has 0 saturated heterocycles. The number of benzene rings is 4. The number of aryl methyl sites for hydroxylation is 1. The first-order valence-corrected chi connectivity index (χ1v) is 25.6. The van der Waals surface area contributed by atoms with Crippen molar-refractivity contribution in [3.05, 3.63) is 101 Å². The molecule has 0 fully saturated rings. The third kappa shape index (κ3) is 8.95. The van der Waals surface area contributed by atoms with Gasteiger partial charge in [0.2, 0.25) is 23.2 Å². The minimum absolute atomic E-state index is 0.00125. The Balaban J connectivity index is 1.41. The maximum Gasteiger partial charge on any atom is 0.303 e. The lowest BCUT2D eigenvalue weighted by molar-refractivity contribution is -0.433. The largest absolute Gasteiger partial charge is 0.481 e. The number of aliphatic carboxylic acids is 1. The van der Waals surface area contributed by atoms with Crippen molar-refractivity contribution in [2.75, 3.05) is 19.6 Å². The van der Waals surface area contributed by atoms with Crippen molar-refractivity contribution >= 4 is 98.1 Å². The summed E-state index contributed by atoms with van der Waals surface area (Å²) in [5.74, 6) is -2.04.